The number of rotatable bonds is 3. The predicted molar refractivity (Wildman–Crippen MR) is 106 cm³/mol. The molecule has 0 radical (unpaired) electrons. The minimum atomic E-state index is -0.285. The first-order chi connectivity index (χ1) is 12.3. The van der Waals surface area contributed by atoms with E-state index >= 15 is 0 Å². The average Bonchev–Trinajstić information content (AvgIpc) is 2.61. The second kappa shape index (κ2) is 7.08. The molecule has 1 amide bonds. The van der Waals surface area contributed by atoms with Crippen molar-refractivity contribution in [2.45, 2.75) is 38.6 Å². The maximum Gasteiger partial charge on any atom is 0.271 e. The molecule has 1 unspecified atom stereocenters. The number of carbonyl (C=O) groups is 1. The van der Waals surface area contributed by atoms with Crippen molar-refractivity contribution in [1.29, 1.82) is 0 Å². The first-order valence-corrected chi connectivity index (χ1v) is 8.98. The van der Waals surface area contributed by atoms with Crippen molar-refractivity contribution in [1.82, 2.24) is 10.4 Å². The summed E-state index contributed by atoms with van der Waals surface area (Å²) in [5, 5.41) is 4.67. The summed E-state index contributed by atoms with van der Waals surface area (Å²) in [5.41, 5.74) is 6.30. The summed E-state index contributed by atoms with van der Waals surface area (Å²) >= 11 is 6.46. The second-order valence-electron chi connectivity index (χ2n) is 7.34. The number of benzene rings is 1. The van der Waals surface area contributed by atoms with Crippen LogP contribution >= 0.6 is 11.6 Å². The number of halogens is 1. The van der Waals surface area contributed by atoms with Gasteiger partial charge in [-0.2, -0.15) is 5.10 Å². The summed E-state index contributed by atoms with van der Waals surface area (Å²) in [4.78, 5) is 18.2. The zero-order valence-electron chi connectivity index (χ0n) is 15.5. The SMILES string of the molecule is CC1CC(C)(C)N(C)c2cc(Cl)c(/C=N/NC(=O)c3ccncc3)cc21. The number of anilines is 1. The van der Waals surface area contributed by atoms with Crippen LogP contribution in [0.3, 0.4) is 0 Å². The number of hydrazone groups is 1. The van der Waals surface area contributed by atoms with Crippen LogP contribution in [0.4, 0.5) is 5.69 Å². The topological polar surface area (TPSA) is 57.6 Å². The first-order valence-electron chi connectivity index (χ1n) is 8.60. The van der Waals surface area contributed by atoms with E-state index in [9.17, 15) is 4.79 Å². The van der Waals surface area contributed by atoms with E-state index in [1.54, 1.807) is 30.7 Å². The van der Waals surface area contributed by atoms with Crippen LogP contribution in [0.5, 0.6) is 0 Å². The lowest BCUT2D eigenvalue weighted by molar-refractivity contribution is 0.0955. The number of amides is 1. The first kappa shape index (κ1) is 18.4. The van der Waals surface area contributed by atoms with E-state index < -0.39 is 0 Å². The molecule has 6 heteroatoms. The lowest BCUT2D eigenvalue weighted by atomic mass is 9.80. The minimum absolute atomic E-state index is 0.0872. The summed E-state index contributed by atoms with van der Waals surface area (Å²) in [7, 11) is 2.10. The Labute approximate surface area is 159 Å². The molecular weight excluding hydrogens is 348 g/mol. The van der Waals surface area contributed by atoms with Gasteiger partial charge >= 0.3 is 0 Å². The molecule has 1 atom stereocenters. The molecule has 5 nitrogen and oxygen atoms in total. The normalized spacial score (nSPS) is 18.7. The molecule has 136 valence electrons. The van der Waals surface area contributed by atoms with Crippen LogP contribution in [0.2, 0.25) is 5.02 Å². The van der Waals surface area contributed by atoms with Gasteiger partial charge in [-0.05, 0) is 56.0 Å². The van der Waals surface area contributed by atoms with E-state index in [2.05, 4.69) is 54.3 Å². The van der Waals surface area contributed by atoms with Crippen LogP contribution in [-0.2, 0) is 0 Å². The molecule has 3 rings (SSSR count). The lowest BCUT2D eigenvalue weighted by Crippen LogP contribution is -2.45. The van der Waals surface area contributed by atoms with E-state index in [-0.39, 0.29) is 11.4 Å². The van der Waals surface area contributed by atoms with E-state index in [0.717, 1.165) is 17.7 Å². The summed E-state index contributed by atoms with van der Waals surface area (Å²) in [6.45, 7) is 6.71. The van der Waals surface area contributed by atoms with Crippen LogP contribution in [0.15, 0.2) is 41.8 Å². The highest BCUT2D eigenvalue weighted by atomic mass is 35.5. The van der Waals surface area contributed by atoms with Gasteiger partial charge < -0.3 is 4.90 Å². The lowest BCUT2D eigenvalue weighted by Gasteiger charge is -2.45. The monoisotopic (exact) mass is 370 g/mol. The third-order valence-electron chi connectivity index (χ3n) is 5.06. The molecular formula is C20H23ClN4O. The highest BCUT2D eigenvalue weighted by Gasteiger charge is 2.34. The van der Waals surface area contributed by atoms with Crippen molar-refractivity contribution in [3.8, 4) is 0 Å². The molecule has 0 aliphatic carbocycles. The highest BCUT2D eigenvalue weighted by molar-refractivity contribution is 6.33. The highest BCUT2D eigenvalue weighted by Crippen LogP contribution is 2.44. The van der Waals surface area contributed by atoms with Crippen LogP contribution in [-0.4, -0.2) is 29.7 Å². The number of aromatic nitrogens is 1. The number of nitrogens with one attached hydrogen (secondary N) is 1. The largest absolute Gasteiger partial charge is 0.369 e. The van der Waals surface area contributed by atoms with Crippen molar-refractivity contribution in [2.75, 3.05) is 11.9 Å². The number of pyridine rings is 1. The zero-order chi connectivity index (χ0) is 18.9. The molecule has 26 heavy (non-hydrogen) atoms. The molecule has 1 aliphatic rings. The standard InChI is InChI=1S/C20H23ClN4O/c1-13-11-20(2,3)25(4)18-10-17(21)15(9-16(13)18)12-23-24-19(26)14-5-7-22-8-6-14/h5-10,12-13H,11H2,1-4H3,(H,24,26)/b23-12+. The van der Waals surface area contributed by atoms with Gasteiger partial charge in [-0.1, -0.05) is 18.5 Å². The van der Waals surface area contributed by atoms with Gasteiger partial charge in [0.05, 0.1) is 11.2 Å². The number of carbonyl (C=O) groups excluding carboxylic acids is 1. The third-order valence-corrected chi connectivity index (χ3v) is 5.39. The smallest absolute Gasteiger partial charge is 0.271 e. The van der Waals surface area contributed by atoms with Gasteiger partial charge in [-0.3, -0.25) is 9.78 Å². The molecule has 0 saturated carbocycles. The average molecular weight is 371 g/mol. The van der Waals surface area contributed by atoms with E-state index in [1.165, 1.54) is 5.56 Å². The summed E-state index contributed by atoms with van der Waals surface area (Å²) in [6.07, 6.45) is 5.79. The van der Waals surface area contributed by atoms with Crippen LogP contribution < -0.4 is 10.3 Å². The maximum absolute atomic E-state index is 12.0. The molecule has 1 aromatic heterocycles. The molecule has 0 spiro atoms. The molecule has 1 N–H and O–H groups in total. The van der Waals surface area contributed by atoms with Gasteiger partial charge in [-0.15, -0.1) is 0 Å². The van der Waals surface area contributed by atoms with Crippen molar-refractivity contribution in [3.63, 3.8) is 0 Å². The third kappa shape index (κ3) is 3.58. The van der Waals surface area contributed by atoms with Crippen molar-refractivity contribution in [3.05, 3.63) is 58.4 Å². The second-order valence-corrected chi connectivity index (χ2v) is 7.75. The molecule has 2 heterocycles. The fourth-order valence-corrected chi connectivity index (χ4v) is 3.64. The van der Waals surface area contributed by atoms with E-state index in [1.807, 2.05) is 6.07 Å². The quantitative estimate of drug-likeness (QED) is 0.650. The van der Waals surface area contributed by atoms with Crippen LogP contribution in [0.1, 0.15) is 54.6 Å². The molecule has 0 saturated heterocycles. The molecule has 0 bridgehead atoms. The van der Waals surface area contributed by atoms with Gasteiger partial charge in [0.25, 0.3) is 5.91 Å². The fourth-order valence-electron chi connectivity index (χ4n) is 3.43. The number of hydrogen-bond acceptors (Lipinski definition) is 4. The van der Waals surface area contributed by atoms with Gasteiger partial charge in [-0.25, -0.2) is 5.43 Å². The Morgan fingerprint density at radius 2 is 2.08 bits per heavy atom. The van der Waals surface area contributed by atoms with Crippen LogP contribution in [0.25, 0.3) is 0 Å². The molecule has 1 aliphatic heterocycles. The van der Waals surface area contributed by atoms with E-state index in [0.29, 0.717) is 16.5 Å². The molecule has 2 aromatic rings. The Balaban J connectivity index is 1.82. The Kier molecular flexibility index (Phi) is 5.01. The summed E-state index contributed by atoms with van der Waals surface area (Å²) in [6, 6.07) is 7.32. The number of hydrogen-bond donors (Lipinski definition) is 1. The minimum Gasteiger partial charge on any atom is -0.369 e. The Bertz CT molecular complexity index is 848. The Morgan fingerprint density at radius 1 is 1.38 bits per heavy atom. The van der Waals surface area contributed by atoms with Gasteiger partial charge in [0.15, 0.2) is 0 Å². The zero-order valence-corrected chi connectivity index (χ0v) is 16.2. The molecule has 1 aromatic carbocycles. The van der Waals surface area contributed by atoms with Crippen molar-refractivity contribution < 1.29 is 4.79 Å². The maximum atomic E-state index is 12.0. The number of nitrogens with zero attached hydrogens (tertiary/aromatic N) is 3. The predicted octanol–water partition coefficient (Wildman–Crippen LogP) is 4.22. The van der Waals surface area contributed by atoms with E-state index in [4.69, 9.17) is 11.6 Å². The van der Waals surface area contributed by atoms with Gasteiger partial charge in [0.1, 0.15) is 0 Å². The Hall–Kier alpha value is -2.40. The Morgan fingerprint density at radius 3 is 2.77 bits per heavy atom. The van der Waals surface area contributed by atoms with Crippen molar-refractivity contribution >= 4 is 29.4 Å². The van der Waals surface area contributed by atoms with Crippen LogP contribution in [0, 0.1) is 0 Å². The fraction of sp³-hybridized carbons (Fsp3) is 0.350. The molecule has 0 fully saturated rings. The van der Waals surface area contributed by atoms with Gasteiger partial charge in [0, 0.05) is 41.8 Å². The summed E-state index contributed by atoms with van der Waals surface area (Å²) in [5.74, 6) is 0.139. The number of fused-ring (bicyclic) bond motifs is 1. The van der Waals surface area contributed by atoms with Gasteiger partial charge in [0.2, 0.25) is 0 Å². The van der Waals surface area contributed by atoms with Crippen molar-refractivity contribution in [2.24, 2.45) is 5.10 Å². The summed E-state index contributed by atoms with van der Waals surface area (Å²) < 4.78 is 0.